The molecule has 2 heterocycles. The van der Waals surface area contributed by atoms with Crippen LogP contribution in [-0.2, 0) is 13.6 Å². The number of aryl methyl sites for hydroxylation is 1. The number of amides is 1. The normalized spacial score (nSPS) is 10.3. The van der Waals surface area contributed by atoms with Gasteiger partial charge in [-0.3, -0.25) is 20.3 Å². The summed E-state index contributed by atoms with van der Waals surface area (Å²) < 4.78 is 1.76. The van der Waals surface area contributed by atoms with Gasteiger partial charge in [-0.2, -0.15) is 5.10 Å². The van der Waals surface area contributed by atoms with Crippen molar-refractivity contribution in [3.63, 3.8) is 0 Å². The minimum atomic E-state index is -0.210. The van der Waals surface area contributed by atoms with E-state index < -0.39 is 0 Å². The maximum absolute atomic E-state index is 12.1. The number of carbonyl (C=O) groups is 1. The van der Waals surface area contributed by atoms with Crippen molar-refractivity contribution in [2.75, 3.05) is 5.43 Å². The van der Waals surface area contributed by atoms with E-state index in [1.165, 1.54) is 6.20 Å². The minimum absolute atomic E-state index is 0.210. The van der Waals surface area contributed by atoms with Crippen LogP contribution >= 0.6 is 0 Å². The Hall–Kier alpha value is -2.41. The van der Waals surface area contributed by atoms with Gasteiger partial charge < -0.3 is 10.7 Å². The molecule has 7 heteroatoms. The molecule has 0 saturated carbocycles. The summed E-state index contributed by atoms with van der Waals surface area (Å²) in [5, 5.41) is 6.95. The number of nitrogens with one attached hydrogen (secondary N) is 2. The lowest BCUT2D eigenvalue weighted by molar-refractivity contribution is 0.0951. The highest BCUT2D eigenvalue weighted by molar-refractivity contribution is 5.99. The van der Waals surface area contributed by atoms with Crippen LogP contribution in [0.15, 0.2) is 24.7 Å². The second-order valence-electron chi connectivity index (χ2n) is 4.13. The smallest absolute Gasteiger partial charge is 0.253 e. The molecule has 0 aliphatic rings. The van der Waals surface area contributed by atoms with Crippen LogP contribution in [0.4, 0.5) is 5.69 Å². The van der Waals surface area contributed by atoms with Crippen LogP contribution in [0.3, 0.4) is 0 Å². The first-order valence-corrected chi connectivity index (χ1v) is 5.79. The highest BCUT2D eigenvalue weighted by Crippen LogP contribution is 2.12. The summed E-state index contributed by atoms with van der Waals surface area (Å²) >= 11 is 0. The second kappa shape index (κ2) is 5.49. The SMILES string of the molecule is Cc1c(CNC(=O)c2ccncc2NN)cnn1C. The van der Waals surface area contributed by atoms with Gasteiger partial charge in [-0.1, -0.05) is 0 Å². The van der Waals surface area contributed by atoms with Gasteiger partial charge in [0.1, 0.15) is 0 Å². The molecule has 0 aromatic carbocycles. The molecule has 2 aromatic heterocycles. The number of hydrazine groups is 1. The molecule has 0 bridgehead atoms. The Morgan fingerprint density at radius 1 is 1.47 bits per heavy atom. The average molecular weight is 260 g/mol. The van der Waals surface area contributed by atoms with E-state index in [-0.39, 0.29) is 5.91 Å². The molecular formula is C12H16N6O. The van der Waals surface area contributed by atoms with Gasteiger partial charge in [0.05, 0.1) is 23.6 Å². The maximum Gasteiger partial charge on any atom is 0.253 e. The number of nitrogens with zero attached hydrogens (tertiary/aromatic N) is 3. The Balaban J connectivity index is 2.07. The molecule has 2 aromatic rings. The van der Waals surface area contributed by atoms with E-state index in [0.29, 0.717) is 17.8 Å². The predicted octanol–water partition coefficient (Wildman–Crippen LogP) is 0.339. The van der Waals surface area contributed by atoms with E-state index in [4.69, 9.17) is 5.84 Å². The number of hydrogen-bond donors (Lipinski definition) is 3. The van der Waals surface area contributed by atoms with Crippen LogP contribution in [0, 0.1) is 6.92 Å². The Kier molecular flexibility index (Phi) is 3.76. The van der Waals surface area contributed by atoms with Crippen LogP contribution in [-0.4, -0.2) is 20.7 Å². The topological polar surface area (TPSA) is 97.9 Å². The third-order valence-electron chi connectivity index (χ3n) is 3.00. The van der Waals surface area contributed by atoms with Crippen LogP contribution in [0.5, 0.6) is 0 Å². The molecule has 19 heavy (non-hydrogen) atoms. The summed E-state index contributed by atoms with van der Waals surface area (Å²) in [6.45, 7) is 2.37. The summed E-state index contributed by atoms with van der Waals surface area (Å²) in [7, 11) is 1.86. The van der Waals surface area contributed by atoms with Crippen molar-refractivity contribution in [3.8, 4) is 0 Å². The standard InChI is InChI=1S/C12H16N6O/c1-8-9(6-16-18(8)2)5-15-12(19)10-3-4-14-7-11(10)17-13/h3-4,6-7,17H,5,13H2,1-2H3,(H,15,19). The highest BCUT2D eigenvalue weighted by atomic mass is 16.1. The van der Waals surface area contributed by atoms with Crippen molar-refractivity contribution in [1.82, 2.24) is 20.1 Å². The number of anilines is 1. The zero-order valence-electron chi connectivity index (χ0n) is 10.8. The third kappa shape index (κ3) is 2.71. The molecule has 0 atom stereocenters. The van der Waals surface area contributed by atoms with E-state index in [9.17, 15) is 4.79 Å². The Labute approximate surface area is 110 Å². The predicted molar refractivity (Wildman–Crippen MR) is 71.2 cm³/mol. The van der Waals surface area contributed by atoms with Crippen molar-refractivity contribution in [2.45, 2.75) is 13.5 Å². The number of nitrogens with two attached hydrogens (primary N) is 1. The maximum atomic E-state index is 12.1. The monoisotopic (exact) mass is 260 g/mol. The van der Waals surface area contributed by atoms with Gasteiger partial charge in [0.2, 0.25) is 0 Å². The summed E-state index contributed by atoms with van der Waals surface area (Å²) in [5.41, 5.74) is 5.40. The lowest BCUT2D eigenvalue weighted by atomic mass is 10.2. The first-order valence-electron chi connectivity index (χ1n) is 5.79. The van der Waals surface area contributed by atoms with Gasteiger partial charge in [-0.25, -0.2) is 0 Å². The van der Waals surface area contributed by atoms with Crippen LogP contribution < -0.4 is 16.6 Å². The quantitative estimate of drug-likeness (QED) is 0.544. The molecule has 0 radical (unpaired) electrons. The van der Waals surface area contributed by atoms with Crippen molar-refractivity contribution in [1.29, 1.82) is 0 Å². The van der Waals surface area contributed by atoms with Crippen molar-refractivity contribution in [2.24, 2.45) is 12.9 Å². The van der Waals surface area contributed by atoms with Gasteiger partial charge in [-0.15, -0.1) is 0 Å². The van der Waals surface area contributed by atoms with Crippen LogP contribution in [0.25, 0.3) is 0 Å². The zero-order valence-corrected chi connectivity index (χ0v) is 10.8. The number of nitrogen functional groups attached to an aromatic ring is 1. The molecule has 0 unspecified atom stereocenters. The minimum Gasteiger partial charge on any atom is -0.348 e. The summed E-state index contributed by atoms with van der Waals surface area (Å²) in [6.07, 6.45) is 4.79. The molecule has 0 fully saturated rings. The Morgan fingerprint density at radius 3 is 2.89 bits per heavy atom. The molecule has 4 N–H and O–H groups in total. The number of hydrogen-bond acceptors (Lipinski definition) is 5. The largest absolute Gasteiger partial charge is 0.348 e. The first kappa shape index (κ1) is 13.0. The molecule has 100 valence electrons. The third-order valence-corrected chi connectivity index (χ3v) is 3.00. The molecule has 0 aliphatic heterocycles. The van der Waals surface area contributed by atoms with Gasteiger partial charge >= 0.3 is 0 Å². The van der Waals surface area contributed by atoms with Gasteiger partial charge in [0.25, 0.3) is 5.91 Å². The lowest BCUT2D eigenvalue weighted by Gasteiger charge is -2.08. The zero-order chi connectivity index (χ0) is 13.8. The molecule has 7 nitrogen and oxygen atoms in total. The van der Waals surface area contributed by atoms with E-state index in [2.05, 4.69) is 20.8 Å². The van der Waals surface area contributed by atoms with E-state index in [1.807, 2.05) is 14.0 Å². The van der Waals surface area contributed by atoms with Gasteiger partial charge in [0, 0.05) is 31.0 Å². The first-order chi connectivity index (χ1) is 9.13. The van der Waals surface area contributed by atoms with Crippen LogP contribution in [0.1, 0.15) is 21.6 Å². The fourth-order valence-corrected chi connectivity index (χ4v) is 1.70. The average Bonchev–Trinajstić information content (AvgIpc) is 2.76. The lowest BCUT2D eigenvalue weighted by Crippen LogP contribution is -2.25. The number of aromatic nitrogens is 3. The number of rotatable bonds is 4. The molecular weight excluding hydrogens is 244 g/mol. The summed E-state index contributed by atoms with van der Waals surface area (Å²) in [6, 6.07) is 1.61. The van der Waals surface area contributed by atoms with E-state index in [1.54, 1.807) is 23.1 Å². The van der Waals surface area contributed by atoms with E-state index >= 15 is 0 Å². The Bertz CT molecular complexity index is 592. The van der Waals surface area contributed by atoms with E-state index in [0.717, 1.165) is 11.3 Å². The molecule has 0 spiro atoms. The second-order valence-corrected chi connectivity index (χ2v) is 4.13. The Morgan fingerprint density at radius 2 is 2.26 bits per heavy atom. The van der Waals surface area contributed by atoms with Crippen LogP contribution in [0.2, 0.25) is 0 Å². The highest BCUT2D eigenvalue weighted by Gasteiger charge is 2.11. The summed E-state index contributed by atoms with van der Waals surface area (Å²) in [4.78, 5) is 16.0. The molecule has 2 rings (SSSR count). The fraction of sp³-hybridized carbons (Fsp3) is 0.250. The van der Waals surface area contributed by atoms with Gasteiger partial charge in [0.15, 0.2) is 0 Å². The van der Waals surface area contributed by atoms with Crippen molar-refractivity contribution in [3.05, 3.63) is 41.5 Å². The number of carbonyl (C=O) groups excluding carboxylic acids is 1. The fourth-order valence-electron chi connectivity index (χ4n) is 1.70. The molecule has 0 saturated heterocycles. The molecule has 1 amide bonds. The molecule has 0 aliphatic carbocycles. The van der Waals surface area contributed by atoms with Crippen molar-refractivity contribution < 1.29 is 4.79 Å². The van der Waals surface area contributed by atoms with Crippen molar-refractivity contribution >= 4 is 11.6 Å². The van der Waals surface area contributed by atoms with Gasteiger partial charge in [-0.05, 0) is 13.0 Å². The summed E-state index contributed by atoms with van der Waals surface area (Å²) in [5.74, 6) is 5.13. The number of pyridine rings is 1.